The predicted octanol–water partition coefficient (Wildman–Crippen LogP) is 2.03. The molecule has 1 aliphatic heterocycles. The van der Waals surface area contributed by atoms with Crippen molar-refractivity contribution in [2.24, 2.45) is 16.6 Å². The molecule has 1 aliphatic carbocycles. The van der Waals surface area contributed by atoms with Crippen LogP contribution in [0, 0.1) is 11.8 Å². The van der Waals surface area contributed by atoms with Gasteiger partial charge in [-0.1, -0.05) is 12.1 Å². The summed E-state index contributed by atoms with van der Waals surface area (Å²) >= 11 is 0. The van der Waals surface area contributed by atoms with E-state index >= 15 is 0 Å². The molecule has 30 heavy (non-hydrogen) atoms. The van der Waals surface area contributed by atoms with Crippen LogP contribution in [0.1, 0.15) is 28.8 Å². The van der Waals surface area contributed by atoms with Gasteiger partial charge in [-0.05, 0) is 53.3 Å². The lowest BCUT2D eigenvalue weighted by molar-refractivity contribution is 0.0934. The Bertz CT molecular complexity index is 963. The van der Waals surface area contributed by atoms with Crippen LogP contribution < -0.4 is 21.5 Å². The van der Waals surface area contributed by atoms with Crippen LogP contribution in [0.5, 0.6) is 5.75 Å². The molecule has 1 saturated heterocycles. The Balaban J connectivity index is 1.40. The number of hydrogen-bond acceptors (Lipinski definition) is 7. The zero-order valence-electron chi connectivity index (χ0n) is 17.0. The van der Waals surface area contributed by atoms with Gasteiger partial charge in [0.05, 0.1) is 17.6 Å². The van der Waals surface area contributed by atoms with Gasteiger partial charge < -0.3 is 16.2 Å². The second-order valence-electron chi connectivity index (χ2n) is 8.69. The zero-order chi connectivity index (χ0) is 21.5. The highest BCUT2D eigenvalue weighted by molar-refractivity contribution is 7.27. The van der Waals surface area contributed by atoms with E-state index in [9.17, 15) is 9.70 Å². The smallest absolute Gasteiger partial charge is 0.176 e. The van der Waals surface area contributed by atoms with Crippen LogP contribution in [-0.2, 0) is 0 Å². The standard InChI is InChI=1S/C22H27N4O3P/c1-14-8-15(2-7-19(14)25-28)20(27)11-26-12-21(23)9-17(10-22(21,24)13-26)29-16-3-5-18(30)6-4-16/h2-8,17H,9-13,23-24,30H2,1H3/t17?,21-,22+. The molecule has 1 heterocycles. The molecule has 4 rings (SSSR count). The molecule has 4 N–H and O–H groups in total. The maximum Gasteiger partial charge on any atom is 0.176 e. The van der Waals surface area contributed by atoms with Crippen LogP contribution in [0.4, 0.5) is 5.69 Å². The number of aryl methyl sites for hydroxylation is 1. The first-order valence-electron chi connectivity index (χ1n) is 10.0. The number of ether oxygens (including phenoxy) is 1. The summed E-state index contributed by atoms with van der Waals surface area (Å²) in [6, 6.07) is 12.8. The summed E-state index contributed by atoms with van der Waals surface area (Å²) in [4.78, 5) is 25.5. The Morgan fingerprint density at radius 3 is 2.37 bits per heavy atom. The lowest BCUT2D eigenvalue weighted by Gasteiger charge is -2.31. The number of rotatable bonds is 6. The second-order valence-corrected chi connectivity index (χ2v) is 9.36. The Kier molecular flexibility index (Phi) is 5.49. The van der Waals surface area contributed by atoms with Gasteiger partial charge in [0.25, 0.3) is 0 Å². The molecule has 2 aromatic rings. The highest BCUT2D eigenvalue weighted by Crippen LogP contribution is 2.43. The summed E-state index contributed by atoms with van der Waals surface area (Å²) in [5, 5.41) is 4.05. The number of carbonyl (C=O) groups is 1. The Hall–Kier alpha value is -2.18. The first kappa shape index (κ1) is 21.1. The van der Waals surface area contributed by atoms with E-state index < -0.39 is 11.1 Å². The molecule has 158 valence electrons. The summed E-state index contributed by atoms with van der Waals surface area (Å²) < 4.78 is 6.13. The largest absolute Gasteiger partial charge is 0.490 e. The SMILES string of the molecule is Cc1cc(C(=O)CN2C[C@]3(N)CC(Oc4ccc(P)cc4)C[C@]3(N)C2)ccc1N=O. The summed E-state index contributed by atoms with van der Waals surface area (Å²) in [5.74, 6) is 0.794. The zero-order valence-corrected chi connectivity index (χ0v) is 18.2. The van der Waals surface area contributed by atoms with Gasteiger partial charge in [-0.3, -0.25) is 9.69 Å². The number of ketones is 1. The first-order chi connectivity index (χ1) is 14.2. The summed E-state index contributed by atoms with van der Waals surface area (Å²) in [6.45, 7) is 3.11. The van der Waals surface area contributed by atoms with Crippen LogP contribution >= 0.6 is 9.24 Å². The lowest BCUT2D eigenvalue weighted by atomic mass is 9.85. The molecule has 2 fully saturated rings. The number of fused-ring (bicyclic) bond motifs is 1. The van der Waals surface area contributed by atoms with Gasteiger partial charge in [0.15, 0.2) is 5.78 Å². The minimum absolute atomic E-state index is 0.0203. The molecular formula is C22H27N4O3P. The van der Waals surface area contributed by atoms with Crippen molar-refractivity contribution in [2.75, 3.05) is 19.6 Å². The second kappa shape index (κ2) is 7.82. The maximum absolute atomic E-state index is 12.8. The van der Waals surface area contributed by atoms with E-state index in [2.05, 4.69) is 14.4 Å². The van der Waals surface area contributed by atoms with Gasteiger partial charge in [0.1, 0.15) is 17.5 Å². The summed E-state index contributed by atoms with van der Waals surface area (Å²) in [5.41, 5.74) is 13.9. The molecule has 2 aromatic carbocycles. The Morgan fingerprint density at radius 1 is 1.17 bits per heavy atom. The number of hydrogen-bond donors (Lipinski definition) is 2. The molecule has 0 amide bonds. The summed E-state index contributed by atoms with van der Waals surface area (Å²) in [6.07, 6.45) is 1.25. The van der Waals surface area contributed by atoms with Crippen LogP contribution in [0.15, 0.2) is 47.6 Å². The van der Waals surface area contributed by atoms with E-state index in [1.807, 2.05) is 29.2 Å². The van der Waals surface area contributed by atoms with Crippen molar-refractivity contribution in [1.82, 2.24) is 4.90 Å². The van der Waals surface area contributed by atoms with Gasteiger partial charge in [-0.2, -0.15) is 0 Å². The van der Waals surface area contributed by atoms with Crippen LogP contribution in [0.3, 0.4) is 0 Å². The van der Waals surface area contributed by atoms with Gasteiger partial charge in [-0.15, -0.1) is 14.1 Å². The molecule has 4 atom stereocenters. The topological polar surface area (TPSA) is 111 Å². The molecule has 8 heteroatoms. The van der Waals surface area contributed by atoms with Gasteiger partial charge in [-0.25, -0.2) is 0 Å². The Labute approximate surface area is 178 Å². The highest BCUT2D eigenvalue weighted by atomic mass is 31.0. The average molecular weight is 426 g/mol. The number of nitroso groups, excluding NO2 is 1. The van der Waals surface area contributed by atoms with E-state index in [1.165, 1.54) is 0 Å². The van der Waals surface area contributed by atoms with Crippen LogP contribution in [0.2, 0.25) is 0 Å². The van der Waals surface area contributed by atoms with Crippen molar-refractivity contribution in [3.05, 3.63) is 58.5 Å². The van der Waals surface area contributed by atoms with Gasteiger partial charge in [0, 0.05) is 31.5 Å². The average Bonchev–Trinajstić information content (AvgIpc) is 3.06. The van der Waals surface area contributed by atoms with E-state index in [0.29, 0.717) is 42.7 Å². The van der Waals surface area contributed by atoms with Crippen molar-refractivity contribution in [2.45, 2.75) is 36.9 Å². The first-order valence-corrected chi connectivity index (χ1v) is 10.6. The van der Waals surface area contributed by atoms with Crippen LogP contribution in [0.25, 0.3) is 0 Å². The number of Topliss-reactive ketones (excluding diaryl/α,β-unsaturated/α-hetero) is 1. The number of nitrogens with zero attached hydrogens (tertiary/aromatic N) is 2. The highest BCUT2D eigenvalue weighted by Gasteiger charge is 2.60. The van der Waals surface area contributed by atoms with E-state index in [4.69, 9.17) is 16.2 Å². The molecule has 0 bridgehead atoms. The molecule has 0 aromatic heterocycles. The number of nitrogens with two attached hydrogens (primary N) is 2. The molecular weight excluding hydrogens is 399 g/mol. The van der Waals surface area contributed by atoms with Gasteiger partial charge in [0.2, 0.25) is 0 Å². The van der Waals surface area contributed by atoms with Crippen molar-refractivity contribution in [1.29, 1.82) is 0 Å². The lowest BCUT2D eigenvalue weighted by Crippen LogP contribution is -2.61. The molecule has 7 nitrogen and oxygen atoms in total. The van der Waals surface area contributed by atoms with E-state index in [0.717, 1.165) is 11.1 Å². The molecule has 0 radical (unpaired) electrons. The number of carbonyl (C=O) groups excluding carboxylic acids is 1. The Morgan fingerprint density at radius 2 is 1.80 bits per heavy atom. The van der Waals surface area contributed by atoms with Crippen molar-refractivity contribution in [3.63, 3.8) is 0 Å². The maximum atomic E-state index is 12.8. The fraction of sp³-hybridized carbons (Fsp3) is 0.409. The third-order valence-electron chi connectivity index (χ3n) is 6.35. The summed E-state index contributed by atoms with van der Waals surface area (Å²) in [7, 11) is 2.65. The molecule has 2 aliphatic rings. The molecule has 0 spiro atoms. The minimum Gasteiger partial charge on any atom is -0.490 e. The third kappa shape index (κ3) is 3.91. The quantitative estimate of drug-likeness (QED) is 0.415. The monoisotopic (exact) mass is 426 g/mol. The molecule has 2 unspecified atom stereocenters. The van der Waals surface area contributed by atoms with Crippen molar-refractivity contribution in [3.8, 4) is 5.75 Å². The number of likely N-dealkylation sites (tertiary alicyclic amines) is 1. The van der Waals surface area contributed by atoms with Crippen molar-refractivity contribution >= 4 is 26.0 Å². The molecule has 1 saturated carbocycles. The fourth-order valence-corrected chi connectivity index (χ4v) is 4.94. The fourth-order valence-electron chi connectivity index (χ4n) is 4.75. The minimum atomic E-state index is -0.598. The van der Waals surface area contributed by atoms with Crippen LogP contribution in [-0.4, -0.2) is 47.5 Å². The van der Waals surface area contributed by atoms with Gasteiger partial charge >= 0.3 is 0 Å². The van der Waals surface area contributed by atoms with Crippen molar-refractivity contribution < 1.29 is 9.53 Å². The predicted molar refractivity (Wildman–Crippen MR) is 121 cm³/mol. The normalized spacial score (nSPS) is 28.3. The van der Waals surface area contributed by atoms with E-state index in [-0.39, 0.29) is 18.4 Å². The number of benzene rings is 2. The third-order valence-corrected chi connectivity index (χ3v) is 6.74. The van der Waals surface area contributed by atoms with E-state index in [1.54, 1.807) is 25.1 Å².